The van der Waals surface area contributed by atoms with Crippen molar-refractivity contribution in [2.24, 2.45) is 0 Å². The van der Waals surface area contributed by atoms with Gasteiger partial charge in [-0.1, -0.05) is 15.9 Å². The Morgan fingerprint density at radius 3 is 2.83 bits per heavy atom. The molecular weight excluding hydrogens is 314 g/mol. The molecule has 0 aromatic heterocycles. The number of amides is 1. The maximum Gasteiger partial charge on any atom is 0.254 e. The van der Waals surface area contributed by atoms with E-state index in [1.807, 2.05) is 35.4 Å². The lowest BCUT2D eigenvalue weighted by Gasteiger charge is -2.32. The predicted molar refractivity (Wildman–Crippen MR) is 77.7 cm³/mol. The van der Waals surface area contributed by atoms with Crippen LogP contribution in [0.4, 0.5) is 0 Å². The summed E-state index contributed by atoms with van der Waals surface area (Å²) in [6.07, 6.45) is 2.13. The molecule has 1 saturated heterocycles. The van der Waals surface area contributed by atoms with Gasteiger partial charge in [0.2, 0.25) is 0 Å². The van der Waals surface area contributed by atoms with E-state index in [0.717, 1.165) is 10.9 Å². The molecule has 1 aliphatic rings. The molecule has 5 heteroatoms. The highest BCUT2D eigenvalue weighted by molar-refractivity contribution is 9.09. The topological polar surface area (TPSA) is 29.5 Å². The van der Waals surface area contributed by atoms with Crippen LogP contribution >= 0.6 is 27.7 Å². The molecule has 1 atom stereocenters. The molecule has 0 saturated carbocycles. The number of benzene rings is 1. The first-order valence-electron chi connectivity index (χ1n) is 5.85. The molecular formula is C13H16BrNO2S. The normalized spacial score (nSPS) is 19.9. The molecule has 0 radical (unpaired) electrons. The molecule has 1 unspecified atom stereocenters. The standard InChI is InChI=1S/C13H16BrNO2S/c1-18-12-4-2-10(3-5-12)13(16)15-6-7-17-11(8-14)9-15/h2-5,11H,6-9H2,1H3. The first kappa shape index (κ1) is 13.9. The number of nitrogens with zero attached hydrogens (tertiary/aromatic N) is 1. The van der Waals surface area contributed by atoms with E-state index in [2.05, 4.69) is 15.9 Å². The number of carbonyl (C=O) groups is 1. The Morgan fingerprint density at radius 1 is 1.50 bits per heavy atom. The molecule has 18 heavy (non-hydrogen) atoms. The van der Waals surface area contributed by atoms with Crippen LogP contribution in [0.15, 0.2) is 29.2 Å². The van der Waals surface area contributed by atoms with Crippen LogP contribution in [-0.4, -0.2) is 48.2 Å². The summed E-state index contributed by atoms with van der Waals surface area (Å²) < 4.78 is 5.54. The van der Waals surface area contributed by atoms with Crippen molar-refractivity contribution in [1.82, 2.24) is 4.90 Å². The number of hydrogen-bond acceptors (Lipinski definition) is 3. The van der Waals surface area contributed by atoms with Gasteiger partial charge in [-0.2, -0.15) is 0 Å². The van der Waals surface area contributed by atoms with Gasteiger partial charge in [0.25, 0.3) is 5.91 Å². The van der Waals surface area contributed by atoms with E-state index in [-0.39, 0.29) is 12.0 Å². The quantitative estimate of drug-likeness (QED) is 0.630. The maximum atomic E-state index is 12.3. The molecule has 1 heterocycles. The largest absolute Gasteiger partial charge is 0.374 e. The van der Waals surface area contributed by atoms with E-state index < -0.39 is 0 Å². The minimum atomic E-state index is 0.0944. The van der Waals surface area contributed by atoms with Crippen molar-refractivity contribution < 1.29 is 9.53 Å². The summed E-state index contributed by atoms with van der Waals surface area (Å²) in [6, 6.07) is 7.76. The number of hydrogen-bond donors (Lipinski definition) is 0. The van der Waals surface area contributed by atoms with Crippen molar-refractivity contribution in [2.45, 2.75) is 11.0 Å². The molecule has 0 aliphatic carbocycles. The fourth-order valence-electron chi connectivity index (χ4n) is 1.91. The van der Waals surface area contributed by atoms with Crippen molar-refractivity contribution in [2.75, 3.05) is 31.3 Å². The molecule has 1 aliphatic heterocycles. The molecule has 98 valence electrons. The van der Waals surface area contributed by atoms with Crippen LogP contribution in [0.3, 0.4) is 0 Å². The Labute approximate surface area is 120 Å². The molecule has 1 aromatic carbocycles. The molecule has 1 fully saturated rings. The van der Waals surface area contributed by atoms with Gasteiger partial charge in [0.15, 0.2) is 0 Å². The lowest BCUT2D eigenvalue weighted by Crippen LogP contribution is -2.46. The molecule has 3 nitrogen and oxygen atoms in total. The number of halogens is 1. The number of rotatable bonds is 3. The van der Waals surface area contributed by atoms with Crippen molar-refractivity contribution in [3.8, 4) is 0 Å². The average Bonchev–Trinajstić information content (AvgIpc) is 2.46. The van der Waals surface area contributed by atoms with E-state index >= 15 is 0 Å². The second-order valence-corrected chi connectivity index (χ2v) is 5.65. The van der Waals surface area contributed by atoms with Gasteiger partial charge in [0, 0.05) is 28.9 Å². The third kappa shape index (κ3) is 3.28. The second kappa shape index (κ2) is 6.59. The first-order chi connectivity index (χ1) is 8.74. The van der Waals surface area contributed by atoms with Gasteiger partial charge < -0.3 is 9.64 Å². The number of alkyl halides is 1. The Morgan fingerprint density at radius 2 is 2.22 bits per heavy atom. The molecule has 1 aromatic rings. The Kier molecular flexibility index (Phi) is 5.09. The van der Waals surface area contributed by atoms with Crippen LogP contribution < -0.4 is 0 Å². The molecule has 0 N–H and O–H groups in total. The molecule has 1 amide bonds. The lowest BCUT2D eigenvalue weighted by atomic mass is 10.2. The van der Waals surface area contributed by atoms with E-state index in [0.29, 0.717) is 19.7 Å². The van der Waals surface area contributed by atoms with Crippen LogP contribution in [0.5, 0.6) is 0 Å². The fraction of sp³-hybridized carbons (Fsp3) is 0.462. The van der Waals surface area contributed by atoms with Crippen molar-refractivity contribution >= 4 is 33.6 Å². The zero-order chi connectivity index (χ0) is 13.0. The number of thioether (sulfide) groups is 1. The minimum absolute atomic E-state index is 0.0944. The Hall–Kier alpha value is -0.520. The highest BCUT2D eigenvalue weighted by Gasteiger charge is 2.24. The highest BCUT2D eigenvalue weighted by atomic mass is 79.9. The van der Waals surface area contributed by atoms with Crippen molar-refractivity contribution in [3.63, 3.8) is 0 Å². The lowest BCUT2D eigenvalue weighted by molar-refractivity contribution is -0.00965. The highest BCUT2D eigenvalue weighted by Crippen LogP contribution is 2.17. The summed E-state index contributed by atoms with van der Waals surface area (Å²) in [4.78, 5) is 15.3. The third-order valence-electron chi connectivity index (χ3n) is 2.94. The molecule has 2 rings (SSSR count). The SMILES string of the molecule is CSc1ccc(C(=O)N2CCOC(CBr)C2)cc1. The van der Waals surface area contributed by atoms with Gasteiger partial charge in [-0.25, -0.2) is 0 Å². The van der Waals surface area contributed by atoms with E-state index in [4.69, 9.17) is 4.74 Å². The van der Waals surface area contributed by atoms with Gasteiger partial charge in [-0.05, 0) is 30.5 Å². The summed E-state index contributed by atoms with van der Waals surface area (Å²) in [7, 11) is 0. The number of morpholine rings is 1. The fourth-order valence-corrected chi connectivity index (χ4v) is 2.71. The van der Waals surface area contributed by atoms with E-state index in [1.165, 1.54) is 4.90 Å². The Balaban J connectivity index is 2.05. The smallest absolute Gasteiger partial charge is 0.254 e. The average molecular weight is 330 g/mol. The van der Waals surface area contributed by atoms with Crippen LogP contribution in [-0.2, 0) is 4.74 Å². The van der Waals surface area contributed by atoms with Gasteiger partial charge in [-0.3, -0.25) is 4.79 Å². The second-order valence-electron chi connectivity index (χ2n) is 4.13. The van der Waals surface area contributed by atoms with E-state index in [9.17, 15) is 4.79 Å². The van der Waals surface area contributed by atoms with Gasteiger partial charge in [-0.15, -0.1) is 11.8 Å². The predicted octanol–water partition coefficient (Wildman–Crippen LogP) is 2.64. The van der Waals surface area contributed by atoms with Crippen molar-refractivity contribution in [1.29, 1.82) is 0 Å². The van der Waals surface area contributed by atoms with E-state index in [1.54, 1.807) is 11.8 Å². The number of carbonyl (C=O) groups excluding carboxylic acids is 1. The maximum absolute atomic E-state index is 12.3. The molecule has 0 bridgehead atoms. The summed E-state index contributed by atoms with van der Waals surface area (Å²) in [5.74, 6) is 0.0944. The van der Waals surface area contributed by atoms with Crippen molar-refractivity contribution in [3.05, 3.63) is 29.8 Å². The zero-order valence-electron chi connectivity index (χ0n) is 10.3. The van der Waals surface area contributed by atoms with Crippen LogP contribution in [0.1, 0.15) is 10.4 Å². The van der Waals surface area contributed by atoms with Crippen LogP contribution in [0.25, 0.3) is 0 Å². The van der Waals surface area contributed by atoms with Crippen LogP contribution in [0, 0.1) is 0 Å². The summed E-state index contributed by atoms with van der Waals surface area (Å²) in [6.45, 7) is 1.95. The number of ether oxygens (including phenoxy) is 1. The summed E-state index contributed by atoms with van der Waals surface area (Å²) in [5, 5.41) is 0.766. The zero-order valence-corrected chi connectivity index (χ0v) is 12.7. The van der Waals surface area contributed by atoms with Crippen LogP contribution in [0.2, 0.25) is 0 Å². The third-order valence-corrected chi connectivity index (χ3v) is 4.40. The van der Waals surface area contributed by atoms with Gasteiger partial charge in [0.05, 0.1) is 12.7 Å². The monoisotopic (exact) mass is 329 g/mol. The first-order valence-corrected chi connectivity index (χ1v) is 8.20. The van der Waals surface area contributed by atoms with Gasteiger partial charge in [0.1, 0.15) is 0 Å². The summed E-state index contributed by atoms with van der Waals surface area (Å²) >= 11 is 5.07. The van der Waals surface area contributed by atoms with Gasteiger partial charge >= 0.3 is 0 Å². The summed E-state index contributed by atoms with van der Waals surface area (Å²) in [5.41, 5.74) is 0.753. The molecule has 0 spiro atoms. The Bertz CT molecular complexity index is 410. The minimum Gasteiger partial charge on any atom is -0.374 e.